The number of nitrogens with zero attached hydrogens (tertiary/aromatic N) is 5. The van der Waals surface area contributed by atoms with Crippen LogP contribution in [0.25, 0.3) is 0 Å². The van der Waals surface area contributed by atoms with Crippen LogP contribution in [0.4, 0.5) is 0 Å². The highest BCUT2D eigenvalue weighted by Gasteiger charge is 1.97. The lowest BCUT2D eigenvalue weighted by Crippen LogP contribution is -1.92. The average Bonchev–Trinajstić information content (AvgIpc) is 2.90. The topological polar surface area (TPSA) is 64.5 Å². The summed E-state index contributed by atoms with van der Waals surface area (Å²) in [7, 11) is 0. The van der Waals surface area contributed by atoms with Gasteiger partial charge >= 0.3 is 0 Å². The van der Waals surface area contributed by atoms with Crippen molar-refractivity contribution in [2.24, 2.45) is 0 Å². The normalized spacial score (nSPS) is 8.82. The molecule has 3 aromatic heterocycles. The lowest BCUT2D eigenvalue weighted by molar-refractivity contribution is 0.785. The first-order valence-electron chi connectivity index (χ1n) is 12.3. The molecule has 0 radical (unpaired) electrons. The van der Waals surface area contributed by atoms with Crippen LogP contribution >= 0.6 is 0 Å². The van der Waals surface area contributed by atoms with E-state index in [1.54, 1.807) is 31.0 Å². The molecule has 0 bridgehead atoms. The van der Waals surface area contributed by atoms with Crippen molar-refractivity contribution in [3.8, 4) is 0 Å². The second-order valence-corrected chi connectivity index (χ2v) is 7.03. The predicted octanol–water partition coefficient (Wildman–Crippen LogP) is 8.48. The van der Waals surface area contributed by atoms with Gasteiger partial charge in [-0.25, -0.2) is 0 Å². The molecule has 0 aliphatic heterocycles. The number of hydrogen-bond acceptors (Lipinski definition) is 5. The van der Waals surface area contributed by atoms with Crippen LogP contribution in [0.2, 0.25) is 0 Å². The van der Waals surface area contributed by atoms with Gasteiger partial charge in [0.15, 0.2) is 0 Å². The van der Waals surface area contributed by atoms with Crippen LogP contribution in [0.1, 0.15) is 118 Å². The van der Waals surface area contributed by atoms with Gasteiger partial charge in [-0.3, -0.25) is 15.0 Å². The van der Waals surface area contributed by atoms with Gasteiger partial charge in [0.25, 0.3) is 0 Å². The quantitative estimate of drug-likeness (QED) is 0.396. The first kappa shape index (κ1) is 34.9. The summed E-state index contributed by atoms with van der Waals surface area (Å²) in [6.07, 6.45) is 10.6. The largest absolute Gasteiger partial charge is 0.264 e. The first-order chi connectivity index (χ1) is 15.9. The molecule has 0 spiro atoms. The van der Waals surface area contributed by atoms with Crippen molar-refractivity contribution in [1.82, 2.24) is 25.1 Å². The molecule has 3 aromatic rings. The zero-order valence-electron chi connectivity index (χ0n) is 23.2. The Morgan fingerprint density at radius 1 is 0.545 bits per heavy atom. The smallest absolute Gasteiger partial charge is 0.0656 e. The van der Waals surface area contributed by atoms with Crippen molar-refractivity contribution in [2.45, 2.75) is 101 Å². The molecule has 0 aliphatic carbocycles. The van der Waals surface area contributed by atoms with Gasteiger partial charge in [-0.1, -0.05) is 89.2 Å². The molecule has 0 atom stereocenters. The van der Waals surface area contributed by atoms with E-state index < -0.39 is 0 Å². The van der Waals surface area contributed by atoms with Gasteiger partial charge in [0, 0.05) is 37.2 Å². The van der Waals surface area contributed by atoms with Crippen LogP contribution in [-0.4, -0.2) is 25.1 Å². The third-order valence-electron chi connectivity index (χ3n) is 3.71. The molecule has 3 heterocycles. The van der Waals surface area contributed by atoms with E-state index in [0.717, 1.165) is 11.4 Å². The molecule has 0 unspecified atom stereocenters. The Kier molecular flexibility index (Phi) is 27.1. The van der Waals surface area contributed by atoms with Crippen molar-refractivity contribution >= 4 is 0 Å². The molecule has 0 saturated heterocycles. The average molecular weight is 456 g/mol. The molecule has 33 heavy (non-hydrogen) atoms. The number of rotatable bonds is 3. The fourth-order valence-corrected chi connectivity index (χ4v) is 1.95. The second-order valence-electron chi connectivity index (χ2n) is 7.03. The molecule has 186 valence electrons. The van der Waals surface area contributed by atoms with Crippen LogP contribution in [-0.2, 0) is 0 Å². The van der Waals surface area contributed by atoms with Crippen molar-refractivity contribution in [1.29, 1.82) is 0 Å². The zero-order chi connectivity index (χ0) is 26.1. The SMILES string of the molecule is CC.CC.CC.CC(C)c1cccnc1.CC(C)c1cccnn1.CC(C)c1cnccn1. The molecule has 0 aromatic carbocycles. The summed E-state index contributed by atoms with van der Waals surface area (Å²) in [6.45, 7) is 24.7. The lowest BCUT2D eigenvalue weighted by Gasteiger charge is -2.00. The molecule has 3 rings (SSSR count). The van der Waals surface area contributed by atoms with Crippen LogP contribution in [0, 0.1) is 0 Å². The van der Waals surface area contributed by atoms with E-state index in [1.807, 2.05) is 65.9 Å². The molecule has 5 nitrogen and oxygen atoms in total. The molecule has 0 N–H and O–H groups in total. The fraction of sp³-hybridized carbons (Fsp3) is 0.536. The fourth-order valence-electron chi connectivity index (χ4n) is 1.95. The second kappa shape index (κ2) is 25.6. The van der Waals surface area contributed by atoms with Gasteiger partial charge in [0.1, 0.15) is 0 Å². The Morgan fingerprint density at radius 3 is 1.36 bits per heavy atom. The van der Waals surface area contributed by atoms with Crippen molar-refractivity contribution in [3.05, 3.63) is 78.4 Å². The third-order valence-corrected chi connectivity index (χ3v) is 3.71. The van der Waals surface area contributed by atoms with Crippen LogP contribution < -0.4 is 0 Å². The minimum atomic E-state index is 0.485. The Bertz CT molecular complexity index is 612. The molecule has 0 saturated carbocycles. The van der Waals surface area contributed by atoms with Crippen molar-refractivity contribution < 1.29 is 0 Å². The molecule has 0 amide bonds. The summed E-state index contributed by atoms with van der Waals surface area (Å²) in [5, 5.41) is 7.68. The predicted molar refractivity (Wildman–Crippen MR) is 145 cm³/mol. The minimum absolute atomic E-state index is 0.485. The van der Waals surface area contributed by atoms with Crippen LogP contribution in [0.15, 0.2) is 61.4 Å². The summed E-state index contributed by atoms with van der Waals surface area (Å²) in [5.41, 5.74) is 3.41. The Hall–Kier alpha value is -2.69. The highest BCUT2D eigenvalue weighted by atomic mass is 15.1. The van der Waals surface area contributed by atoms with Gasteiger partial charge < -0.3 is 0 Å². The summed E-state index contributed by atoms with van der Waals surface area (Å²) < 4.78 is 0. The molecule has 0 fully saturated rings. The summed E-state index contributed by atoms with van der Waals surface area (Å²) in [6, 6.07) is 7.95. The summed E-state index contributed by atoms with van der Waals surface area (Å²) in [4.78, 5) is 12.1. The Morgan fingerprint density at radius 2 is 1.09 bits per heavy atom. The van der Waals surface area contributed by atoms with E-state index in [1.165, 1.54) is 5.56 Å². The molecular weight excluding hydrogens is 406 g/mol. The maximum absolute atomic E-state index is 4.12. The maximum Gasteiger partial charge on any atom is 0.0656 e. The number of pyridine rings is 1. The maximum atomic E-state index is 4.12. The van der Waals surface area contributed by atoms with Gasteiger partial charge in [-0.05, 0) is 41.5 Å². The first-order valence-corrected chi connectivity index (χ1v) is 12.3. The summed E-state index contributed by atoms with van der Waals surface area (Å²) >= 11 is 0. The molecule has 5 heteroatoms. The third kappa shape index (κ3) is 19.7. The van der Waals surface area contributed by atoms with Gasteiger partial charge in [-0.2, -0.15) is 10.2 Å². The van der Waals surface area contributed by atoms with E-state index in [2.05, 4.69) is 72.8 Å². The zero-order valence-corrected chi connectivity index (χ0v) is 23.2. The highest BCUT2D eigenvalue weighted by molar-refractivity contribution is 5.12. The van der Waals surface area contributed by atoms with Crippen LogP contribution in [0.5, 0.6) is 0 Å². The molecule has 0 aliphatic rings. The van der Waals surface area contributed by atoms with Gasteiger partial charge in [0.2, 0.25) is 0 Å². The van der Waals surface area contributed by atoms with Gasteiger partial charge in [-0.15, -0.1) is 0 Å². The highest BCUT2D eigenvalue weighted by Crippen LogP contribution is 2.10. The van der Waals surface area contributed by atoms with E-state index in [-0.39, 0.29) is 0 Å². The van der Waals surface area contributed by atoms with Crippen molar-refractivity contribution in [3.63, 3.8) is 0 Å². The molecular formula is C28H49N5. The standard InChI is InChI=1S/C8H11N.2C7H10N2.3C2H6/c1-7(2)8-4-3-5-9-6-8;1-6(2)7-5-8-3-4-9-7;1-6(2)7-4-3-5-8-9-7;3*1-2/h3-7H,1-2H3;2*3-6H,1-2H3;3*1-2H3. The Labute approximate surface area is 204 Å². The summed E-state index contributed by atoms with van der Waals surface area (Å²) in [5.74, 6) is 1.57. The van der Waals surface area contributed by atoms with E-state index in [0.29, 0.717) is 17.8 Å². The number of aromatic nitrogens is 5. The Balaban J connectivity index is -0.000000367. The van der Waals surface area contributed by atoms with E-state index in [9.17, 15) is 0 Å². The lowest BCUT2D eigenvalue weighted by atomic mass is 10.1. The number of hydrogen-bond donors (Lipinski definition) is 0. The van der Waals surface area contributed by atoms with Crippen LogP contribution in [0.3, 0.4) is 0 Å². The minimum Gasteiger partial charge on any atom is -0.264 e. The van der Waals surface area contributed by atoms with E-state index in [4.69, 9.17) is 0 Å². The van der Waals surface area contributed by atoms with Gasteiger partial charge in [0.05, 0.1) is 11.4 Å². The van der Waals surface area contributed by atoms with E-state index >= 15 is 0 Å². The monoisotopic (exact) mass is 455 g/mol. The van der Waals surface area contributed by atoms with Crippen molar-refractivity contribution in [2.75, 3.05) is 0 Å².